The zero-order chi connectivity index (χ0) is 16.8. The maximum Gasteiger partial charge on any atom is 0.261 e. The van der Waals surface area contributed by atoms with Gasteiger partial charge in [0.05, 0.1) is 11.0 Å². The quantitative estimate of drug-likeness (QED) is 0.753. The second kappa shape index (κ2) is 7.85. The SMILES string of the molecule is CC(NC(=O)c1cccs1)C(=O)NCC(O)c1ccccc1F. The normalized spacial score (nSPS) is 13.2. The zero-order valence-electron chi connectivity index (χ0n) is 12.5. The fourth-order valence-electron chi connectivity index (χ4n) is 1.95. The fraction of sp³-hybridized carbons (Fsp3) is 0.250. The van der Waals surface area contributed by atoms with Gasteiger partial charge in [-0.2, -0.15) is 0 Å². The maximum absolute atomic E-state index is 13.5. The number of nitrogens with one attached hydrogen (secondary N) is 2. The minimum Gasteiger partial charge on any atom is -0.386 e. The Hall–Kier alpha value is -2.25. The summed E-state index contributed by atoms with van der Waals surface area (Å²) in [5.74, 6) is -1.32. The van der Waals surface area contributed by atoms with Gasteiger partial charge < -0.3 is 15.7 Å². The van der Waals surface area contributed by atoms with Crippen molar-refractivity contribution in [3.05, 3.63) is 58.0 Å². The van der Waals surface area contributed by atoms with Gasteiger partial charge in [-0.1, -0.05) is 24.3 Å². The Kier molecular flexibility index (Phi) is 5.84. The highest BCUT2D eigenvalue weighted by Crippen LogP contribution is 2.15. The number of carbonyl (C=O) groups is 2. The molecule has 23 heavy (non-hydrogen) atoms. The van der Waals surface area contributed by atoms with Gasteiger partial charge in [0.1, 0.15) is 11.9 Å². The molecule has 0 spiro atoms. The van der Waals surface area contributed by atoms with Crippen LogP contribution >= 0.6 is 11.3 Å². The second-order valence-corrected chi connectivity index (χ2v) is 5.90. The van der Waals surface area contributed by atoms with Gasteiger partial charge in [0.15, 0.2) is 0 Å². The van der Waals surface area contributed by atoms with Gasteiger partial charge in [-0.3, -0.25) is 9.59 Å². The fourth-order valence-corrected chi connectivity index (χ4v) is 2.57. The van der Waals surface area contributed by atoms with Crippen molar-refractivity contribution in [2.24, 2.45) is 0 Å². The number of thiophene rings is 1. The molecule has 2 rings (SSSR count). The summed E-state index contributed by atoms with van der Waals surface area (Å²) in [5.41, 5.74) is 0.114. The lowest BCUT2D eigenvalue weighted by Gasteiger charge is -2.16. The summed E-state index contributed by atoms with van der Waals surface area (Å²) < 4.78 is 13.5. The largest absolute Gasteiger partial charge is 0.386 e. The van der Waals surface area contributed by atoms with E-state index in [0.29, 0.717) is 4.88 Å². The summed E-state index contributed by atoms with van der Waals surface area (Å²) in [6, 6.07) is 8.46. The maximum atomic E-state index is 13.5. The van der Waals surface area contributed by atoms with E-state index in [4.69, 9.17) is 0 Å². The van der Waals surface area contributed by atoms with Crippen molar-refractivity contribution >= 4 is 23.2 Å². The van der Waals surface area contributed by atoms with Crippen molar-refractivity contribution in [2.75, 3.05) is 6.54 Å². The minimum atomic E-state index is -1.15. The third-order valence-electron chi connectivity index (χ3n) is 3.22. The predicted molar refractivity (Wildman–Crippen MR) is 85.6 cm³/mol. The third-order valence-corrected chi connectivity index (χ3v) is 4.09. The van der Waals surface area contributed by atoms with Crippen molar-refractivity contribution in [2.45, 2.75) is 19.1 Å². The monoisotopic (exact) mass is 336 g/mol. The molecule has 1 aromatic carbocycles. The van der Waals surface area contributed by atoms with Crippen molar-refractivity contribution < 1.29 is 19.1 Å². The first-order chi connectivity index (χ1) is 11.0. The lowest BCUT2D eigenvalue weighted by molar-refractivity contribution is -0.123. The zero-order valence-corrected chi connectivity index (χ0v) is 13.3. The minimum absolute atomic E-state index is 0.114. The molecule has 2 aromatic rings. The summed E-state index contributed by atoms with van der Waals surface area (Å²) in [7, 11) is 0. The van der Waals surface area contributed by atoms with Gasteiger partial charge in [-0.15, -0.1) is 11.3 Å². The van der Waals surface area contributed by atoms with Crippen LogP contribution in [0.3, 0.4) is 0 Å². The van der Waals surface area contributed by atoms with Gasteiger partial charge in [-0.05, 0) is 24.4 Å². The number of carbonyl (C=O) groups excluding carboxylic acids is 2. The standard InChI is InChI=1S/C16H17FN2O3S/c1-10(19-16(22)14-7-4-8-23-14)15(21)18-9-13(20)11-5-2-3-6-12(11)17/h2-8,10,13,20H,9H2,1H3,(H,18,21)(H,19,22). The highest BCUT2D eigenvalue weighted by atomic mass is 32.1. The molecule has 122 valence electrons. The van der Waals surface area contributed by atoms with E-state index in [9.17, 15) is 19.1 Å². The molecular formula is C16H17FN2O3S. The van der Waals surface area contributed by atoms with E-state index in [1.807, 2.05) is 0 Å². The van der Waals surface area contributed by atoms with Crippen LogP contribution in [0.4, 0.5) is 4.39 Å². The molecule has 0 aliphatic heterocycles. The summed E-state index contributed by atoms with van der Waals surface area (Å²) in [4.78, 5) is 24.3. The average Bonchev–Trinajstić information content (AvgIpc) is 3.07. The van der Waals surface area contributed by atoms with Crippen LogP contribution in [0.1, 0.15) is 28.3 Å². The third kappa shape index (κ3) is 4.61. The number of aliphatic hydroxyl groups excluding tert-OH is 1. The lowest BCUT2D eigenvalue weighted by atomic mass is 10.1. The lowest BCUT2D eigenvalue weighted by Crippen LogP contribution is -2.45. The Morgan fingerprint density at radius 3 is 2.65 bits per heavy atom. The number of halogens is 1. The Labute approximate surface area is 137 Å². The number of aliphatic hydroxyl groups is 1. The molecule has 0 saturated heterocycles. The molecule has 2 unspecified atom stereocenters. The van der Waals surface area contributed by atoms with Crippen molar-refractivity contribution in [1.82, 2.24) is 10.6 Å². The summed E-state index contributed by atoms with van der Waals surface area (Å²) in [6.07, 6.45) is -1.15. The molecule has 3 N–H and O–H groups in total. The first-order valence-electron chi connectivity index (χ1n) is 7.03. The summed E-state index contributed by atoms with van der Waals surface area (Å²) in [6.45, 7) is 1.40. The molecule has 0 saturated carbocycles. The van der Waals surface area contributed by atoms with E-state index in [0.717, 1.165) is 0 Å². The Balaban J connectivity index is 1.84. The predicted octanol–water partition coefficient (Wildman–Crippen LogP) is 1.86. The van der Waals surface area contributed by atoms with E-state index < -0.39 is 23.9 Å². The Bertz CT molecular complexity index is 676. The molecule has 0 bridgehead atoms. The van der Waals surface area contributed by atoms with Crippen molar-refractivity contribution in [3.8, 4) is 0 Å². The number of hydrogen-bond acceptors (Lipinski definition) is 4. The van der Waals surface area contributed by atoms with Crippen molar-refractivity contribution in [1.29, 1.82) is 0 Å². The molecule has 1 aromatic heterocycles. The van der Waals surface area contributed by atoms with Crippen LogP contribution in [-0.4, -0.2) is 29.5 Å². The van der Waals surface area contributed by atoms with Crippen LogP contribution in [0.5, 0.6) is 0 Å². The smallest absolute Gasteiger partial charge is 0.261 e. The molecule has 0 aliphatic rings. The number of benzene rings is 1. The van der Waals surface area contributed by atoms with Gasteiger partial charge in [0.2, 0.25) is 5.91 Å². The summed E-state index contributed by atoms with van der Waals surface area (Å²) in [5, 5.41) is 16.7. The van der Waals surface area contributed by atoms with Gasteiger partial charge in [0, 0.05) is 12.1 Å². The van der Waals surface area contributed by atoms with Crippen LogP contribution in [0.2, 0.25) is 0 Å². The van der Waals surface area contributed by atoms with Gasteiger partial charge in [-0.25, -0.2) is 4.39 Å². The Morgan fingerprint density at radius 1 is 1.26 bits per heavy atom. The molecule has 5 nitrogen and oxygen atoms in total. The molecule has 2 atom stereocenters. The van der Waals surface area contributed by atoms with Crippen LogP contribution < -0.4 is 10.6 Å². The molecule has 0 radical (unpaired) electrons. The second-order valence-electron chi connectivity index (χ2n) is 4.95. The van der Waals surface area contributed by atoms with Crippen LogP contribution in [-0.2, 0) is 4.79 Å². The summed E-state index contributed by atoms with van der Waals surface area (Å²) >= 11 is 1.28. The highest BCUT2D eigenvalue weighted by Gasteiger charge is 2.19. The molecule has 1 heterocycles. The van der Waals surface area contributed by atoms with Crippen LogP contribution in [0.25, 0.3) is 0 Å². The topological polar surface area (TPSA) is 78.4 Å². The van der Waals surface area contributed by atoms with E-state index in [1.54, 1.807) is 23.6 Å². The van der Waals surface area contributed by atoms with Crippen molar-refractivity contribution in [3.63, 3.8) is 0 Å². The Morgan fingerprint density at radius 2 is 2.00 bits per heavy atom. The van der Waals surface area contributed by atoms with Gasteiger partial charge in [0.25, 0.3) is 5.91 Å². The van der Waals surface area contributed by atoms with E-state index in [1.165, 1.54) is 36.5 Å². The number of amides is 2. The highest BCUT2D eigenvalue weighted by molar-refractivity contribution is 7.12. The van der Waals surface area contributed by atoms with E-state index in [-0.39, 0.29) is 18.0 Å². The molecular weight excluding hydrogens is 319 g/mol. The number of hydrogen-bond donors (Lipinski definition) is 3. The first kappa shape index (κ1) is 17.1. The van der Waals surface area contributed by atoms with Gasteiger partial charge >= 0.3 is 0 Å². The molecule has 0 aliphatic carbocycles. The van der Waals surface area contributed by atoms with Crippen LogP contribution in [0, 0.1) is 5.82 Å². The van der Waals surface area contributed by atoms with Crippen LogP contribution in [0.15, 0.2) is 41.8 Å². The average molecular weight is 336 g/mol. The first-order valence-corrected chi connectivity index (χ1v) is 7.91. The van der Waals surface area contributed by atoms with E-state index in [2.05, 4.69) is 10.6 Å². The molecule has 7 heteroatoms. The number of rotatable bonds is 6. The molecule has 2 amide bonds. The van der Waals surface area contributed by atoms with E-state index >= 15 is 0 Å². The molecule has 0 fully saturated rings.